The van der Waals surface area contributed by atoms with Gasteiger partial charge in [0.05, 0.1) is 12.8 Å². The van der Waals surface area contributed by atoms with E-state index in [1.807, 2.05) is 49.5 Å². The fraction of sp³-hybridized carbons (Fsp3) is 0.238. The summed E-state index contributed by atoms with van der Waals surface area (Å²) in [6.45, 7) is 0.757. The predicted octanol–water partition coefficient (Wildman–Crippen LogP) is 2.80. The van der Waals surface area contributed by atoms with Gasteiger partial charge in [-0.3, -0.25) is 9.48 Å². The summed E-state index contributed by atoms with van der Waals surface area (Å²) in [5, 5.41) is 7.26. The third kappa shape index (κ3) is 3.64. The zero-order valence-corrected chi connectivity index (χ0v) is 15.8. The number of hydrogen-bond donors (Lipinski definition) is 1. The van der Waals surface area contributed by atoms with E-state index in [2.05, 4.69) is 10.4 Å². The number of carbonyl (C=O) groups excluding carboxylic acids is 1. The molecule has 0 saturated carbocycles. The van der Waals surface area contributed by atoms with E-state index in [0.717, 1.165) is 34.7 Å². The first-order valence-electron chi connectivity index (χ1n) is 8.99. The molecule has 0 spiro atoms. The van der Waals surface area contributed by atoms with Crippen LogP contribution in [-0.2, 0) is 13.5 Å². The van der Waals surface area contributed by atoms with Crippen molar-refractivity contribution in [2.75, 3.05) is 20.4 Å². The molecule has 0 saturated heterocycles. The zero-order valence-electron chi connectivity index (χ0n) is 15.8. The first kappa shape index (κ1) is 17.9. The molecular weight excluding hydrogens is 358 g/mol. The fourth-order valence-corrected chi connectivity index (χ4v) is 3.11. The van der Waals surface area contributed by atoms with Crippen LogP contribution < -0.4 is 19.5 Å². The highest BCUT2D eigenvalue weighted by Gasteiger charge is 2.17. The summed E-state index contributed by atoms with van der Waals surface area (Å²) in [5.74, 6) is 2.04. The smallest absolute Gasteiger partial charge is 0.271 e. The Balaban J connectivity index is 1.40. The minimum atomic E-state index is -0.198. The van der Waals surface area contributed by atoms with Gasteiger partial charge in [0.1, 0.15) is 5.75 Å². The van der Waals surface area contributed by atoms with E-state index >= 15 is 0 Å². The molecule has 1 aliphatic heterocycles. The summed E-state index contributed by atoms with van der Waals surface area (Å²) >= 11 is 0. The lowest BCUT2D eigenvalue weighted by atomic mass is 10.1. The maximum atomic E-state index is 12.5. The highest BCUT2D eigenvalue weighted by atomic mass is 16.7. The van der Waals surface area contributed by atoms with Crippen molar-refractivity contribution in [3.63, 3.8) is 0 Å². The molecule has 0 fully saturated rings. The van der Waals surface area contributed by atoms with Crippen molar-refractivity contribution in [1.82, 2.24) is 15.1 Å². The van der Waals surface area contributed by atoms with E-state index in [-0.39, 0.29) is 12.7 Å². The number of nitrogens with zero attached hydrogens (tertiary/aromatic N) is 2. The Morgan fingerprint density at radius 3 is 2.71 bits per heavy atom. The highest BCUT2D eigenvalue weighted by molar-refractivity contribution is 5.93. The number of ether oxygens (including phenoxy) is 3. The zero-order chi connectivity index (χ0) is 19.5. The molecule has 0 atom stereocenters. The van der Waals surface area contributed by atoms with Gasteiger partial charge in [-0.05, 0) is 48.4 Å². The van der Waals surface area contributed by atoms with Crippen LogP contribution in [-0.4, -0.2) is 36.1 Å². The van der Waals surface area contributed by atoms with E-state index in [1.54, 1.807) is 17.9 Å². The molecule has 3 aromatic rings. The molecular formula is C21H21N3O4. The maximum Gasteiger partial charge on any atom is 0.271 e. The van der Waals surface area contributed by atoms with Gasteiger partial charge in [0, 0.05) is 19.2 Å². The topological polar surface area (TPSA) is 74.6 Å². The van der Waals surface area contributed by atoms with Crippen molar-refractivity contribution in [1.29, 1.82) is 0 Å². The molecule has 1 aromatic heterocycles. The number of amides is 1. The van der Waals surface area contributed by atoms with Gasteiger partial charge >= 0.3 is 0 Å². The molecule has 144 valence electrons. The number of aryl methyl sites for hydroxylation is 1. The van der Waals surface area contributed by atoms with Crippen LogP contribution in [0.2, 0.25) is 0 Å². The lowest BCUT2D eigenvalue weighted by Crippen LogP contribution is -2.26. The molecule has 0 bridgehead atoms. The summed E-state index contributed by atoms with van der Waals surface area (Å²) in [5.41, 5.74) is 3.25. The van der Waals surface area contributed by atoms with E-state index < -0.39 is 0 Å². The molecule has 7 heteroatoms. The third-order valence-electron chi connectivity index (χ3n) is 4.64. The Morgan fingerprint density at radius 1 is 1.14 bits per heavy atom. The van der Waals surface area contributed by atoms with Crippen molar-refractivity contribution in [3.05, 3.63) is 59.8 Å². The SMILES string of the molecule is COc1ccc(CCNC(=O)c2cc(-c3ccc4c(c3)OCO4)n(C)n2)cc1. The second kappa shape index (κ2) is 7.64. The van der Waals surface area contributed by atoms with Crippen LogP contribution in [0.1, 0.15) is 16.1 Å². The van der Waals surface area contributed by atoms with E-state index in [4.69, 9.17) is 14.2 Å². The summed E-state index contributed by atoms with van der Waals surface area (Å²) in [7, 11) is 3.45. The number of rotatable bonds is 6. The number of methoxy groups -OCH3 is 1. The van der Waals surface area contributed by atoms with Crippen molar-refractivity contribution >= 4 is 5.91 Å². The second-order valence-electron chi connectivity index (χ2n) is 6.46. The first-order valence-corrected chi connectivity index (χ1v) is 8.99. The molecule has 28 heavy (non-hydrogen) atoms. The van der Waals surface area contributed by atoms with Crippen LogP contribution in [0.5, 0.6) is 17.2 Å². The fourth-order valence-electron chi connectivity index (χ4n) is 3.11. The standard InChI is InChI=1S/C21H21N3O4/c1-24-18(15-5-8-19-20(11-15)28-13-27-19)12-17(23-24)21(25)22-10-9-14-3-6-16(26-2)7-4-14/h3-8,11-12H,9-10,13H2,1-2H3,(H,22,25). The lowest BCUT2D eigenvalue weighted by molar-refractivity contribution is 0.0948. The van der Waals surface area contributed by atoms with Crippen LogP contribution in [0.4, 0.5) is 0 Å². The number of carbonyl (C=O) groups is 1. The predicted molar refractivity (Wildman–Crippen MR) is 104 cm³/mol. The van der Waals surface area contributed by atoms with Gasteiger partial charge in [-0.1, -0.05) is 12.1 Å². The Bertz CT molecular complexity index is 995. The Labute approximate surface area is 162 Å². The van der Waals surface area contributed by atoms with Gasteiger partial charge in [-0.15, -0.1) is 0 Å². The van der Waals surface area contributed by atoms with Crippen molar-refractivity contribution < 1.29 is 19.0 Å². The second-order valence-corrected chi connectivity index (χ2v) is 6.46. The van der Waals surface area contributed by atoms with Gasteiger partial charge in [0.25, 0.3) is 5.91 Å². The molecule has 0 unspecified atom stereocenters. The van der Waals surface area contributed by atoms with Gasteiger partial charge in [-0.2, -0.15) is 5.10 Å². The number of nitrogens with one attached hydrogen (secondary N) is 1. The molecule has 2 aromatic carbocycles. The summed E-state index contributed by atoms with van der Waals surface area (Å²) in [6.07, 6.45) is 0.734. The largest absolute Gasteiger partial charge is 0.497 e. The molecule has 2 heterocycles. The summed E-state index contributed by atoms with van der Waals surface area (Å²) in [6, 6.07) is 15.3. The highest BCUT2D eigenvalue weighted by Crippen LogP contribution is 2.35. The summed E-state index contributed by atoms with van der Waals surface area (Å²) in [4.78, 5) is 12.5. The maximum absolute atomic E-state index is 12.5. The molecule has 1 aliphatic rings. The summed E-state index contributed by atoms with van der Waals surface area (Å²) < 4.78 is 17.6. The minimum Gasteiger partial charge on any atom is -0.497 e. The van der Waals surface area contributed by atoms with Crippen LogP contribution in [0, 0.1) is 0 Å². The number of aromatic nitrogens is 2. The first-order chi connectivity index (χ1) is 13.6. The molecule has 0 radical (unpaired) electrons. The molecule has 0 aliphatic carbocycles. The van der Waals surface area contributed by atoms with Crippen molar-refractivity contribution in [2.24, 2.45) is 7.05 Å². The number of hydrogen-bond acceptors (Lipinski definition) is 5. The molecule has 4 rings (SSSR count). The van der Waals surface area contributed by atoms with Crippen LogP contribution in [0.15, 0.2) is 48.5 Å². The number of fused-ring (bicyclic) bond motifs is 1. The van der Waals surface area contributed by atoms with E-state index in [1.165, 1.54) is 0 Å². The normalized spacial score (nSPS) is 12.1. The average Bonchev–Trinajstić information content (AvgIpc) is 3.34. The Hall–Kier alpha value is -3.48. The third-order valence-corrected chi connectivity index (χ3v) is 4.64. The molecule has 7 nitrogen and oxygen atoms in total. The van der Waals surface area contributed by atoms with Gasteiger partial charge < -0.3 is 19.5 Å². The molecule has 1 amide bonds. The molecule has 1 N–H and O–H groups in total. The average molecular weight is 379 g/mol. The van der Waals surface area contributed by atoms with Crippen LogP contribution in [0.3, 0.4) is 0 Å². The van der Waals surface area contributed by atoms with Gasteiger partial charge in [-0.25, -0.2) is 0 Å². The number of benzene rings is 2. The van der Waals surface area contributed by atoms with Crippen LogP contribution in [0.25, 0.3) is 11.3 Å². The van der Waals surface area contributed by atoms with Gasteiger partial charge in [0.15, 0.2) is 17.2 Å². The van der Waals surface area contributed by atoms with Gasteiger partial charge in [0.2, 0.25) is 6.79 Å². The van der Waals surface area contributed by atoms with E-state index in [9.17, 15) is 4.79 Å². The van der Waals surface area contributed by atoms with E-state index in [0.29, 0.717) is 18.0 Å². The minimum absolute atomic E-state index is 0.198. The van der Waals surface area contributed by atoms with Crippen LogP contribution >= 0.6 is 0 Å². The Kier molecular flexibility index (Phi) is 4.89. The quantitative estimate of drug-likeness (QED) is 0.713. The van der Waals surface area contributed by atoms with Crippen molar-refractivity contribution in [3.8, 4) is 28.5 Å². The lowest BCUT2D eigenvalue weighted by Gasteiger charge is -2.05. The monoisotopic (exact) mass is 379 g/mol. The Morgan fingerprint density at radius 2 is 1.93 bits per heavy atom. The van der Waals surface area contributed by atoms with Crippen molar-refractivity contribution in [2.45, 2.75) is 6.42 Å².